The number of halogens is 1. The van der Waals surface area contributed by atoms with Gasteiger partial charge in [0.25, 0.3) is 0 Å². The van der Waals surface area contributed by atoms with E-state index in [4.69, 9.17) is 5.73 Å². The highest BCUT2D eigenvalue weighted by Gasteiger charge is 2.08. The predicted molar refractivity (Wildman–Crippen MR) is 79.9 cm³/mol. The van der Waals surface area contributed by atoms with Crippen LogP contribution >= 0.6 is 0 Å². The highest BCUT2D eigenvalue weighted by molar-refractivity contribution is 6.52. The molecule has 0 atom stereocenters. The first kappa shape index (κ1) is 14.3. The van der Waals surface area contributed by atoms with E-state index in [1.807, 2.05) is 18.2 Å². The average Bonchev–Trinajstić information content (AvgIpc) is 2.39. The van der Waals surface area contributed by atoms with Crippen molar-refractivity contribution in [2.75, 3.05) is 11.0 Å². The van der Waals surface area contributed by atoms with Crippen LogP contribution in [0.1, 0.15) is 11.1 Å². The van der Waals surface area contributed by atoms with Crippen LogP contribution in [0.5, 0.6) is 0 Å². The van der Waals surface area contributed by atoms with Crippen molar-refractivity contribution < 1.29 is 9.41 Å². The number of nitrogens with two attached hydrogens (primary N) is 1. The van der Waals surface area contributed by atoms with Crippen molar-refractivity contribution in [2.45, 2.75) is 19.7 Å². The van der Waals surface area contributed by atoms with Crippen molar-refractivity contribution in [3.63, 3.8) is 0 Å². The molecular weight excluding hydrogens is 256 g/mol. The highest BCUT2D eigenvalue weighted by Crippen LogP contribution is 2.17. The fourth-order valence-corrected chi connectivity index (χ4v) is 1.99. The summed E-state index contributed by atoms with van der Waals surface area (Å²) in [6.07, 6.45) is 3.16. The number of nitrogens with one attached hydrogen (secondary N) is 1. The lowest BCUT2D eigenvalue weighted by molar-refractivity contribution is 0.584. The number of pyridine rings is 1. The Morgan fingerprint density at radius 1 is 1.25 bits per heavy atom. The van der Waals surface area contributed by atoms with Crippen molar-refractivity contribution in [1.82, 2.24) is 4.98 Å². The minimum Gasteiger partial charge on any atom is -0.433 e. The van der Waals surface area contributed by atoms with Crippen LogP contribution in [0.3, 0.4) is 0 Å². The van der Waals surface area contributed by atoms with Crippen LogP contribution in [0.2, 0.25) is 6.82 Å². The fraction of sp³-hybridized carbons (Fsp3) is 0.214. The second-order valence-electron chi connectivity index (χ2n) is 4.72. The average molecular weight is 273 g/mol. The fourth-order valence-electron chi connectivity index (χ4n) is 1.99. The van der Waals surface area contributed by atoms with E-state index in [1.165, 1.54) is 6.07 Å². The van der Waals surface area contributed by atoms with Crippen molar-refractivity contribution in [1.29, 1.82) is 0 Å². The Hall–Kier alpha value is -2.08. The molecule has 1 aromatic carbocycles. The molecule has 4 N–H and O–H groups in total. The molecule has 0 amide bonds. The van der Waals surface area contributed by atoms with Crippen molar-refractivity contribution in [2.24, 2.45) is 0 Å². The molecular formula is C14H17BFN3O. The predicted octanol–water partition coefficient (Wildman–Crippen LogP) is 2.11. The lowest BCUT2D eigenvalue weighted by atomic mass is 9.88. The molecule has 0 fully saturated rings. The van der Waals surface area contributed by atoms with E-state index in [1.54, 1.807) is 19.1 Å². The topological polar surface area (TPSA) is 71.2 Å². The maximum absolute atomic E-state index is 13.8. The molecule has 0 radical (unpaired) electrons. The van der Waals surface area contributed by atoms with E-state index in [0.29, 0.717) is 11.5 Å². The van der Waals surface area contributed by atoms with Crippen LogP contribution in [-0.4, -0.2) is 17.1 Å². The Balaban J connectivity index is 2.02. The van der Waals surface area contributed by atoms with Gasteiger partial charge in [-0.05, 0) is 55.1 Å². The SMILES string of the molecule is CB(O)Nc1ccc(CCc2ccnc(N)c2)cc1F. The summed E-state index contributed by atoms with van der Waals surface area (Å²) in [5, 5.41) is 11.8. The molecule has 0 saturated carbocycles. The molecule has 0 spiro atoms. The number of aromatic nitrogens is 1. The Bertz CT molecular complexity index is 592. The molecule has 1 aromatic heterocycles. The van der Waals surface area contributed by atoms with Gasteiger partial charge >= 0.3 is 7.05 Å². The second-order valence-corrected chi connectivity index (χ2v) is 4.72. The van der Waals surface area contributed by atoms with Gasteiger partial charge in [-0.1, -0.05) is 6.07 Å². The normalized spacial score (nSPS) is 10.3. The molecule has 6 heteroatoms. The standard InChI is InChI=1S/C14H17BFN3O/c1-15(20)19-13-5-4-10(8-12(13)16)2-3-11-6-7-18-14(17)9-11/h4-9,19-20H,2-3H2,1H3,(H2,17,18). The van der Waals surface area contributed by atoms with Crippen LogP contribution in [0.15, 0.2) is 36.5 Å². The van der Waals surface area contributed by atoms with Gasteiger partial charge in [0.1, 0.15) is 11.6 Å². The second kappa shape index (κ2) is 6.39. The van der Waals surface area contributed by atoms with E-state index in [2.05, 4.69) is 10.2 Å². The number of rotatable bonds is 5. The van der Waals surface area contributed by atoms with Crippen LogP contribution in [-0.2, 0) is 12.8 Å². The number of nitrogens with zero attached hydrogens (tertiary/aromatic N) is 1. The number of hydrogen-bond donors (Lipinski definition) is 3. The van der Waals surface area contributed by atoms with Gasteiger partial charge in [-0.15, -0.1) is 0 Å². The molecule has 1 heterocycles. The first-order valence-electron chi connectivity index (χ1n) is 6.48. The van der Waals surface area contributed by atoms with E-state index in [0.717, 1.165) is 24.0 Å². The third-order valence-electron chi connectivity index (χ3n) is 2.95. The summed E-state index contributed by atoms with van der Waals surface area (Å²) < 4.78 is 13.8. The molecule has 0 aliphatic carbocycles. The molecule has 0 aliphatic heterocycles. The third kappa shape index (κ3) is 3.96. The maximum Gasteiger partial charge on any atom is 0.406 e. The third-order valence-corrected chi connectivity index (χ3v) is 2.95. The minimum absolute atomic E-state index is 0.303. The van der Waals surface area contributed by atoms with E-state index in [9.17, 15) is 9.41 Å². The number of aryl methyl sites for hydroxylation is 2. The van der Waals surface area contributed by atoms with Gasteiger partial charge < -0.3 is 16.0 Å². The summed E-state index contributed by atoms with van der Waals surface area (Å²) in [6.45, 7) is 1.54. The number of nitrogen functional groups attached to an aromatic ring is 1. The summed E-state index contributed by atoms with van der Waals surface area (Å²) in [5.41, 5.74) is 7.89. The molecule has 104 valence electrons. The largest absolute Gasteiger partial charge is 0.433 e. The quantitative estimate of drug-likeness (QED) is 0.730. The lowest BCUT2D eigenvalue weighted by Gasteiger charge is -2.09. The maximum atomic E-state index is 13.8. The minimum atomic E-state index is -0.782. The van der Waals surface area contributed by atoms with Crippen LogP contribution < -0.4 is 11.0 Å². The van der Waals surface area contributed by atoms with Crippen LogP contribution in [0.25, 0.3) is 0 Å². The number of benzene rings is 1. The van der Waals surface area contributed by atoms with E-state index >= 15 is 0 Å². The zero-order valence-electron chi connectivity index (χ0n) is 11.3. The first-order valence-corrected chi connectivity index (χ1v) is 6.48. The van der Waals surface area contributed by atoms with Crippen molar-refractivity contribution in [3.05, 3.63) is 53.5 Å². The molecule has 2 aromatic rings. The molecule has 2 rings (SSSR count). The van der Waals surface area contributed by atoms with Gasteiger partial charge in [0, 0.05) is 6.20 Å². The van der Waals surface area contributed by atoms with Crippen LogP contribution in [0, 0.1) is 5.82 Å². The summed E-state index contributed by atoms with van der Waals surface area (Å²) in [7, 11) is -0.782. The molecule has 0 bridgehead atoms. The molecule has 0 saturated heterocycles. The smallest absolute Gasteiger partial charge is 0.406 e. The summed E-state index contributed by atoms with van der Waals surface area (Å²) >= 11 is 0. The Morgan fingerprint density at radius 3 is 2.55 bits per heavy atom. The number of anilines is 2. The summed E-state index contributed by atoms with van der Waals surface area (Å²) in [5.74, 6) is 0.128. The molecule has 20 heavy (non-hydrogen) atoms. The molecule has 4 nitrogen and oxygen atoms in total. The number of hydrogen-bond acceptors (Lipinski definition) is 4. The zero-order valence-corrected chi connectivity index (χ0v) is 11.3. The monoisotopic (exact) mass is 273 g/mol. The summed E-state index contributed by atoms with van der Waals surface area (Å²) in [6, 6.07) is 8.68. The van der Waals surface area contributed by atoms with Gasteiger partial charge in [-0.2, -0.15) is 0 Å². The van der Waals surface area contributed by atoms with Gasteiger partial charge in [0.05, 0.1) is 5.69 Å². The highest BCUT2D eigenvalue weighted by atomic mass is 19.1. The van der Waals surface area contributed by atoms with Gasteiger partial charge in [0.15, 0.2) is 0 Å². The van der Waals surface area contributed by atoms with E-state index < -0.39 is 7.05 Å². The van der Waals surface area contributed by atoms with Gasteiger partial charge in [0.2, 0.25) is 0 Å². The zero-order chi connectivity index (χ0) is 14.5. The summed E-state index contributed by atoms with van der Waals surface area (Å²) in [4.78, 5) is 3.93. The van der Waals surface area contributed by atoms with Crippen molar-refractivity contribution in [3.8, 4) is 0 Å². The molecule has 0 aliphatic rings. The first-order chi connectivity index (χ1) is 9.54. The Kier molecular flexibility index (Phi) is 4.58. The Labute approximate surface area is 118 Å². The Morgan fingerprint density at radius 2 is 1.95 bits per heavy atom. The van der Waals surface area contributed by atoms with Gasteiger partial charge in [-0.25, -0.2) is 9.37 Å². The van der Waals surface area contributed by atoms with Gasteiger partial charge in [-0.3, -0.25) is 0 Å². The molecule has 0 unspecified atom stereocenters. The lowest BCUT2D eigenvalue weighted by Crippen LogP contribution is -2.20. The van der Waals surface area contributed by atoms with E-state index in [-0.39, 0.29) is 5.82 Å². The van der Waals surface area contributed by atoms with Crippen LogP contribution in [0.4, 0.5) is 15.9 Å². The van der Waals surface area contributed by atoms with Crippen molar-refractivity contribution >= 4 is 18.6 Å².